The highest BCUT2D eigenvalue weighted by Crippen LogP contribution is 2.30. The summed E-state index contributed by atoms with van der Waals surface area (Å²) >= 11 is 10.2. The van der Waals surface area contributed by atoms with E-state index in [-0.39, 0.29) is 5.91 Å². The molecular formula is C23H25BrClN3O. The van der Waals surface area contributed by atoms with Crippen molar-refractivity contribution in [3.63, 3.8) is 0 Å². The summed E-state index contributed by atoms with van der Waals surface area (Å²) < 4.78 is 3.17. The smallest absolute Gasteiger partial charge is 0.254 e. The van der Waals surface area contributed by atoms with Gasteiger partial charge in [-0.05, 0) is 74.1 Å². The SMILES string of the molecule is Cc1c(C(=O)N2CCCCC2)ccc(Cl)c1Cc1nc2c(C)c(Br)ccc2n1C. The number of likely N-dealkylation sites (tertiary alicyclic amines) is 1. The first-order valence-electron chi connectivity index (χ1n) is 10.1. The molecule has 2 heterocycles. The molecule has 1 fully saturated rings. The summed E-state index contributed by atoms with van der Waals surface area (Å²) in [6.45, 7) is 5.76. The van der Waals surface area contributed by atoms with Crippen LogP contribution < -0.4 is 0 Å². The van der Waals surface area contributed by atoms with Gasteiger partial charge in [-0.3, -0.25) is 4.79 Å². The first kappa shape index (κ1) is 20.4. The number of carbonyl (C=O) groups is 1. The minimum atomic E-state index is 0.116. The molecule has 29 heavy (non-hydrogen) atoms. The van der Waals surface area contributed by atoms with E-state index in [2.05, 4.69) is 39.6 Å². The Labute approximate surface area is 185 Å². The van der Waals surface area contributed by atoms with E-state index in [0.717, 1.165) is 69.5 Å². The number of hydrogen-bond donors (Lipinski definition) is 0. The number of amides is 1. The van der Waals surface area contributed by atoms with E-state index in [9.17, 15) is 4.79 Å². The molecule has 0 radical (unpaired) electrons. The van der Waals surface area contributed by atoms with E-state index in [1.165, 1.54) is 6.42 Å². The molecule has 1 aromatic heterocycles. The van der Waals surface area contributed by atoms with Crippen molar-refractivity contribution in [2.24, 2.45) is 7.05 Å². The fourth-order valence-corrected chi connectivity index (χ4v) is 4.76. The number of halogens is 2. The third kappa shape index (κ3) is 3.71. The fraction of sp³-hybridized carbons (Fsp3) is 0.391. The second kappa shape index (κ2) is 8.11. The Kier molecular flexibility index (Phi) is 5.71. The van der Waals surface area contributed by atoms with Crippen molar-refractivity contribution in [1.29, 1.82) is 0 Å². The molecule has 1 saturated heterocycles. The number of piperidine rings is 1. The van der Waals surface area contributed by atoms with Gasteiger partial charge < -0.3 is 9.47 Å². The van der Waals surface area contributed by atoms with Gasteiger partial charge in [0.1, 0.15) is 5.82 Å². The first-order chi connectivity index (χ1) is 13.9. The number of rotatable bonds is 3. The number of fused-ring (bicyclic) bond motifs is 1. The molecule has 4 rings (SSSR count). The topological polar surface area (TPSA) is 38.1 Å². The van der Waals surface area contributed by atoms with Crippen LogP contribution >= 0.6 is 27.5 Å². The highest BCUT2D eigenvalue weighted by atomic mass is 79.9. The van der Waals surface area contributed by atoms with Gasteiger partial charge in [-0.1, -0.05) is 27.5 Å². The Morgan fingerprint density at radius 1 is 1.10 bits per heavy atom. The fourth-order valence-electron chi connectivity index (χ4n) is 4.17. The minimum absolute atomic E-state index is 0.116. The average Bonchev–Trinajstić information content (AvgIpc) is 3.04. The zero-order chi connectivity index (χ0) is 20.7. The van der Waals surface area contributed by atoms with E-state index < -0.39 is 0 Å². The second-order valence-electron chi connectivity index (χ2n) is 7.86. The largest absolute Gasteiger partial charge is 0.339 e. The Bertz CT molecular complexity index is 1100. The van der Waals surface area contributed by atoms with Crippen molar-refractivity contribution < 1.29 is 4.79 Å². The number of imidazole rings is 1. The second-order valence-corrected chi connectivity index (χ2v) is 9.12. The third-order valence-corrected chi connectivity index (χ3v) is 7.30. The molecule has 0 bridgehead atoms. The highest BCUT2D eigenvalue weighted by Gasteiger charge is 2.22. The van der Waals surface area contributed by atoms with Crippen LogP contribution in [0.4, 0.5) is 0 Å². The quantitative estimate of drug-likeness (QED) is 0.479. The van der Waals surface area contributed by atoms with Crippen LogP contribution in [0.1, 0.15) is 52.1 Å². The van der Waals surface area contributed by atoms with Crippen LogP contribution in [0, 0.1) is 13.8 Å². The zero-order valence-corrected chi connectivity index (χ0v) is 19.4. The van der Waals surface area contributed by atoms with Crippen LogP contribution in [0.25, 0.3) is 11.0 Å². The Morgan fingerprint density at radius 3 is 2.55 bits per heavy atom. The van der Waals surface area contributed by atoms with Crippen molar-refractivity contribution in [1.82, 2.24) is 14.5 Å². The number of hydrogen-bond acceptors (Lipinski definition) is 2. The molecule has 0 saturated carbocycles. The number of benzene rings is 2. The Balaban J connectivity index is 1.72. The van der Waals surface area contributed by atoms with Gasteiger partial charge in [0.25, 0.3) is 5.91 Å². The number of carbonyl (C=O) groups excluding carboxylic acids is 1. The lowest BCUT2D eigenvalue weighted by Crippen LogP contribution is -2.36. The number of nitrogens with zero attached hydrogens (tertiary/aromatic N) is 3. The van der Waals surface area contributed by atoms with Crippen LogP contribution in [0.15, 0.2) is 28.7 Å². The summed E-state index contributed by atoms with van der Waals surface area (Å²) in [7, 11) is 2.03. The van der Waals surface area contributed by atoms with E-state index in [1.807, 2.05) is 31.0 Å². The zero-order valence-electron chi connectivity index (χ0n) is 17.1. The average molecular weight is 475 g/mol. The van der Waals surface area contributed by atoms with Gasteiger partial charge in [-0.25, -0.2) is 4.98 Å². The molecular weight excluding hydrogens is 450 g/mol. The molecule has 0 atom stereocenters. The molecule has 1 aliphatic heterocycles. The Morgan fingerprint density at radius 2 is 1.83 bits per heavy atom. The standard InChI is InChI=1S/C23H25BrClN3O/c1-14-16(23(29)28-11-5-4-6-12-28)7-9-19(25)17(14)13-21-26-22-15(2)18(24)8-10-20(22)27(21)3/h7-10H,4-6,11-13H2,1-3H3. The van der Waals surface area contributed by atoms with Gasteiger partial charge in [0.15, 0.2) is 0 Å². The predicted octanol–water partition coefficient (Wildman–Crippen LogP) is 5.82. The van der Waals surface area contributed by atoms with E-state index in [1.54, 1.807) is 0 Å². The van der Waals surface area contributed by atoms with Crippen LogP contribution in [-0.4, -0.2) is 33.4 Å². The van der Waals surface area contributed by atoms with Crippen LogP contribution in [0.2, 0.25) is 5.02 Å². The van der Waals surface area contributed by atoms with Gasteiger partial charge >= 0.3 is 0 Å². The van der Waals surface area contributed by atoms with Gasteiger partial charge in [-0.15, -0.1) is 0 Å². The van der Waals surface area contributed by atoms with Gasteiger partial charge in [-0.2, -0.15) is 0 Å². The summed E-state index contributed by atoms with van der Waals surface area (Å²) in [6, 6.07) is 7.85. The lowest BCUT2D eigenvalue weighted by molar-refractivity contribution is 0.0723. The molecule has 0 aliphatic carbocycles. The molecule has 1 amide bonds. The summed E-state index contributed by atoms with van der Waals surface area (Å²) in [5, 5.41) is 0.683. The lowest BCUT2D eigenvalue weighted by atomic mass is 9.98. The summed E-state index contributed by atoms with van der Waals surface area (Å²) in [5.74, 6) is 1.05. The van der Waals surface area contributed by atoms with Gasteiger partial charge in [0.2, 0.25) is 0 Å². The third-order valence-electron chi connectivity index (χ3n) is 6.08. The van der Waals surface area contributed by atoms with Crippen molar-refractivity contribution in [3.05, 3.63) is 61.8 Å². The van der Waals surface area contributed by atoms with E-state index in [4.69, 9.17) is 16.6 Å². The summed E-state index contributed by atoms with van der Waals surface area (Å²) in [6.07, 6.45) is 3.96. The molecule has 3 aromatic rings. The Hall–Kier alpha value is -1.85. The van der Waals surface area contributed by atoms with Crippen molar-refractivity contribution >= 4 is 44.5 Å². The molecule has 0 unspecified atom stereocenters. The molecule has 1 aliphatic rings. The normalized spacial score (nSPS) is 14.6. The van der Waals surface area contributed by atoms with Crippen LogP contribution in [0.5, 0.6) is 0 Å². The molecule has 4 nitrogen and oxygen atoms in total. The van der Waals surface area contributed by atoms with Crippen molar-refractivity contribution in [2.45, 2.75) is 39.5 Å². The maximum Gasteiger partial charge on any atom is 0.254 e. The number of aryl methyl sites for hydroxylation is 2. The van der Waals surface area contributed by atoms with E-state index >= 15 is 0 Å². The van der Waals surface area contributed by atoms with Gasteiger partial charge in [0.05, 0.1) is 11.0 Å². The molecule has 0 N–H and O–H groups in total. The molecule has 0 spiro atoms. The maximum absolute atomic E-state index is 13.1. The van der Waals surface area contributed by atoms with Crippen LogP contribution in [0.3, 0.4) is 0 Å². The van der Waals surface area contributed by atoms with Crippen molar-refractivity contribution in [2.75, 3.05) is 13.1 Å². The molecule has 2 aromatic carbocycles. The van der Waals surface area contributed by atoms with Crippen LogP contribution in [-0.2, 0) is 13.5 Å². The van der Waals surface area contributed by atoms with Crippen molar-refractivity contribution in [3.8, 4) is 0 Å². The predicted molar refractivity (Wildman–Crippen MR) is 122 cm³/mol. The number of aromatic nitrogens is 2. The van der Waals surface area contributed by atoms with E-state index in [0.29, 0.717) is 11.4 Å². The van der Waals surface area contributed by atoms with Gasteiger partial charge in [0, 0.05) is 41.6 Å². The minimum Gasteiger partial charge on any atom is -0.339 e. The monoisotopic (exact) mass is 473 g/mol. The lowest BCUT2D eigenvalue weighted by Gasteiger charge is -2.27. The highest BCUT2D eigenvalue weighted by molar-refractivity contribution is 9.10. The summed E-state index contributed by atoms with van der Waals surface area (Å²) in [5.41, 5.74) is 5.90. The first-order valence-corrected chi connectivity index (χ1v) is 11.2. The molecule has 152 valence electrons. The molecule has 6 heteroatoms. The summed E-state index contributed by atoms with van der Waals surface area (Å²) in [4.78, 5) is 19.9. The maximum atomic E-state index is 13.1.